The third-order valence-corrected chi connectivity index (χ3v) is 9.01. The van der Waals surface area contributed by atoms with Crippen molar-refractivity contribution in [1.82, 2.24) is 14.8 Å². The molecular weight excluding hydrogens is 585 g/mol. The number of nitrogens with one attached hydrogen (secondary N) is 1. The zero-order chi connectivity index (χ0) is 32.5. The molecule has 0 saturated heterocycles. The third-order valence-electron chi connectivity index (χ3n) is 9.01. The van der Waals surface area contributed by atoms with Crippen molar-refractivity contribution in [3.8, 4) is 6.07 Å². The summed E-state index contributed by atoms with van der Waals surface area (Å²) in [6, 6.07) is 11.0. The van der Waals surface area contributed by atoms with Crippen LogP contribution in [0, 0.1) is 17.2 Å². The van der Waals surface area contributed by atoms with E-state index in [1.807, 2.05) is 0 Å². The van der Waals surface area contributed by atoms with Gasteiger partial charge in [-0.15, -0.1) is 5.10 Å². The Bertz CT molecular complexity index is 1710. The monoisotopic (exact) mass is 623 g/mol. The van der Waals surface area contributed by atoms with Crippen LogP contribution in [0.3, 0.4) is 0 Å². The number of quaternary nitrogens is 1. The van der Waals surface area contributed by atoms with Crippen molar-refractivity contribution in [1.29, 1.82) is 5.26 Å². The van der Waals surface area contributed by atoms with Crippen LogP contribution in [0.4, 0.5) is 24.8 Å². The number of nitrogens with zero attached hydrogens (tertiary/aromatic N) is 5. The highest BCUT2D eigenvalue weighted by Crippen LogP contribution is 2.43. The van der Waals surface area contributed by atoms with Crippen LogP contribution in [0.15, 0.2) is 58.5 Å². The van der Waals surface area contributed by atoms with Gasteiger partial charge in [0.15, 0.2) is 0 Å². The summed E-state index contributed by atoms with van der Waals surface area (Å²) in [4.78, 5) is 28.2. The second-order valence-electron chi connectivity index (χ2n) is 12.6. The Hall–Kier alpha value is -4.37. The number of methoxy groups -OCH3 is 1. The SMILES string of the molecule is COC(=O)C1=C(C)N(c2cccc(C(F)(F)F)c2)c2n[nH]c(=O)n2C1c1ccc(C#N)cc1CC[N+](C)(C)CC1CCCCC1. The maximum atomic E-state index is 13.7. The average molecular weight is 624 g/mol. The number of aromatic amines is 1. The number of anilines is 2. The summed E-state index contributed by atoms with van der Waals surface area (Å²) in [6.45, 7) is 3.38. The molecule has 45 heavy (non-hydrogen) atoms. The number of nitriles is 1. The molecule has 1 fully saturated rings. The number of carbonyl (C=O) groups is 1. The predicted molar refractivity (Wildman–Crippen MR) is 163 cm³/mol. The summed E-state index contributed by atoms with van der Waals surface area (Å²) in [6.07, 6.45) is 2.19. The summed E-state index contributed by atoms with van der Waals surface area (Å²) < 4.78 is 48.2. The Kier molecular flexibility index (Phi) is 8.94. The van der Waals surface area contributed by atoms with Crippen molar-refractivity contribution >= 4 is 17.6 Å². The van der Waals surface area contributed by atoms with Gasteiger partial charge in [-0.25, -0.2) is 19.3 Å². The number of hydrogen-bond donors (Lipinski definition) is 1. The molecule has 1 atom stereocenters. The zero-order valence-corrected chi connectivity index (χ0v) is 25.9. The number of halogens is 3. The molecule has 1 aliphatic carbocycles. The molecule has 2 aromatic carbocycles. The Balaban J connectivity index is 1.62. The number of carbonyl (C=O) groups excluding carboxylic acids is 1. The first-order valence-corrected chi connectivity index (χ1v) is 15.1. The smallest absolute Gasteiger partial charge is 0.416 e. The van der Waals surface area contributed by atoms with Gasteiger partial charge >= 0.3 is 17.8 Å². The van der Waals surface area contributed by atoms with Crippen molar-refractivity contribution < 1.29 is 27.2 Å². The van der Waals surface area contributed by atoms with E-state index in [0.29, 0.717) is 23.5 Å². The Labute approximate surface area is 260 Å². The van der Waals surface area contributed by atoms with Crippen molar-refractivity contribution in [3.63, 3.8) is 0 Å². The molecule has 1 aliphatic heterocycles. The van der Waals surface area contributed by atoms with Gasteiger partial charge in [0.2, 0.25) is 5.95 Å². The van der Waals surface area contributed by atoms with E-state index in [2.05, 4.69) is 30.4 Å². The topological polar surface area (TPSA) is 104 Å². The summed E-state index contributed by atoms with van der Waals surface area (Å²) in [5.41, 5.74) is 0.715. The molecule has 2 aliphatic rings. The molecule has 5 rings (SSSR count). The Morgan fingerprint density at radius 1 is 1.16 bits per heavy atom. The summed E-state index contributed by atoms with van der Waals surface area (Å²) >= 11 is 0. The average Bonchev–Trinajstić information content (AvgIpc) is 3.39. The second kappa shape index (κ2) is 12.6. The van der Waals surface area contributed by atoms with E-state index in [1.165, 1.54) is 60.8 Å². The minimum atomic E-state index is -4.61. The number of H-pyrrole nitrogens is 1. The quantitative estimate of drug-likeness (QED) is 0.250. The van der Waals surface area contributed by atoms with Crippen molar-refractivity contribution in [2.24, 2.45) is 5.92 Å². The minimum Gasteiger partial charge on any atom is -0.466 e. The molecule has 0 radical (unpaired) electrons. The van der Waals surface area contributed by atoms with Crippen LogP contribution in [-0.2, 0) is 22.1 Å². The van der Waals surface area contributed by atoms with Crippen LogP contribution in [0.5, 0.6) is 0 Å². The molecule has 1 unspecified atom stereocenters. The van der Waals surface area contributed by atoms with Crippen LogP contribution >= 0.6 is 0 Å². The van der Waals surface area contributed by atoms with Gasteiger partial charge < -0.3 is 9.22 Å². The molecule has 0 bridgehead atoms. The van der Waals surface area contributed by atoms with Gasteiger partial charge in [0, 0.05) is 23.7 Å². The van der Waals surface area contributed by atoms with Crippen LogP contribution in [0.2, 0.25) is 0 Å². The van der Waals surface area contributed by atoms with Gasteiger partial charge in [0.1, 0.15) is 6.04 Å². The highest BCUT2D eigenvalue weighted by molar-refractivity contribution is 5.93. The van der Waals surface area contributed by atoms with Gasteiger partial charge in [-0.05, 0) is 61.2 Å². The molecule has 12 heteroatoms. The standard InChI is InChI=1S/C33H37F3N6O3/c1-21-28(30(43)45-4)29(41-31(38-39-32(41)44)40(21)26-12-8-11-25(18-26)33(34,35)36)27-14-13-23(19-37)17-24(27)15-16-42(2,3)20-22-9-6-5-7-10-22/h8,11-14,17-18,22,29H,5-7,9-10,15-16,20H2,1-4H3/p+1. The number of allylic oxidation sites excluding steroid dienone is 1. The first kappa shape index (κ1) is 32.0. The van der Waals surface area contributed by atoms with E-state index >= 15 is 0 Å². The van der Waals surface area contributed by atoms with Crippen molar-refractivity contribution in [2.75, 3.05) is 39.2 Å². The number of likely N-dealkylation sites (N-methyl/N-ethyl adjacent to an activating group) is 1. The van der Waals surface area contributed by atoms with E-state index in [9.17, 15) is 28.0 Å². The van der Waals surface area contributed by atoms with E-state index in [4.69, 9.17) is 4.74 Å². The Morgan fingerprint density at radius 2 is 1.89 bits per heavy atom. The lowest BCUT2D eigenvalue weighted by atomic mass is 9.87. The normalized spacial score (nSPS) is 17.6. The molecule has 0 spiro atoms. The van der Waals surface area contributed by atoms with E-state index in [0.717, 1.165) is 35.3 Å². The lowest BCUT2D eigenvalue weighted by Gasteiger charge is -2.37. The molecule has 1 aromatic heterocycles. The van der Waals surface area contributed by atoms with Gasteiger partial charge in [0.25, 0.3) is 0 Å². The number of ether oxygens (including phenoxy) is 1. The molecule has 3 aromatic rings. The van der Waals surface area contributed by atoms with Crippen molar-refractivity contribution in [2.45, 2.75) is 57.7 Å². The molecule has 1 saturated carbocycles. The Morgan fingerprint density at radius 3 is 2.56 bits per heavy atom. The highest BCUT2D eigenvalue weighted by Gasteiger charge is 2.41. The first-order chi connectivity index (χ1) is 21.3. The third kappa shape index (κ3) is 6.54. The van der Waals surface area contributed by atoms with E-state index in [1.54, 1.807) is 25.1 Å². The molecule has 0 amide bonds. The predicted octanol–water partition coefficient (Wildman–Crippen LogP) is 5.85. The van der Waals surface area contributed by atoms with Crippen LogP contribution in [0.1, 0.15) is 67.3 Å². The fourth-order valence-corrected chi connectivity index (χ4v) is 6.82. The molecule has 238 valence electrons. The largest absolute Gasteiger partial charge is 0.466 e. The molecular formula is C33H38F3N6O3+. The fraction of sp³-hybridized carbons (Fsp3) is 0.455. The zero-order valence-electron chi connectivity index (χ0n) is 25.9. The fourth-order valence-electron chi connectivity index (χ4n) is 6.82. The highest BCUT2D eigenvalue weighted by atomic mass is 19.4. The molecule has 2 heterocycles. The minimum absolute atomic E-state index is 0.0261. The maximum absolute atomic E-state index is 13.7. The van der Waals surface area contributed by atoms with Gasteiger partial charge in [-0.1, -0.05) is 31.4 Å². The van der Waals surface area contributed by atoms with E-state index in [-0.39, 0.29) is 22.9 Å². The molecule has 1 N–H and O–H groups in total. The number of rotatable bonds is 8. The summed E-state index contributed by atoms with van der Waals surface area (Å²) in [5, 5.41) is 16.4. The lowest BCUT2D eigenvalue weighted by Crippen LogP contribution is -2.45. The maximum Gasteiger partial charge on any atom is 0.416 e. The van der Waals surface area contributed by atoms with E-state index < -0.39 is 29.4 Å². The van der Waals surface area contributed by atoms with Gasteiger partial charge in [0.05, 0.1) is 57.1 Å². The first-order valence-electron chi connectivity index (χ1n) is 15.1. The lowest BCUT2D eigenvalue weighted by molar-refractivity contribution is -0.893. The number of aromatic nitrogens is 3. The van der Waals surface area contributed by atoms with Gasteiger partial charge in [-0.3, -0.25) is 4.90 Å². The van der Waals surface area contributed by atoms with Crippen molar-refractivity contribution in [3.05, 3.63) is 86.5 Å². The number of benzene rings is 2. The van der Waals surface area contributed by atoms with Crippen LogP contribution in [0.25, 0.3) is 0 Å². The van der Waals surface area contributed by atoms with Crippen LogP contribution < -0.4 is 10.6 Å². The van der Waals surface area contributed by atoms with Gasteiger partial charge in [-0.2, -0.15) is 18.4 Å². The number of hydrogen-bond acceptors (Lipinski definition) is 6. The van der Waals surface area contributed by atoms with Crippen LogP contribution in [-0.4, -0.2) is 59.5 Å². The summed E-state index contributed by atoms with van der Waals surface area (Å²) in [7, 11) is 5.60. The summed E-state index contributed by atoms with van der Waals surface area (Å²) in [5.74, 6) is -0.0578. The number of alkyl halides is 3. The molecule has 9 nitrogen and oxygen atoms in total. The number of fused-ring (bicyclic) bond motifs is 1. The number of esters is 1. The second-order valence-corrected chi connectivity index (χ2v) is 12.6.